The maximum absolute atomic E-state index is 11.8. The van der Waals surface area contributed by atoms with Crippen molar-refractivity contribution in [2.75, 3.05) is 12.3 Å². The largest absolute Gasteiger partial charge is 0.398 e. The van der Waals surface area contributed by atoms with E-state index in [1.807, 2.05) is 0 Å². The number of carbonyl (C=O) groups excluding carboxylic acids is 2. The topological polar surface area (TPSA) is 106 Å². The molecule has 4 N–H and O–H groups in total. The molecule has 7 heteroatoms. The molecule has 7 nitrogen and oxygen atoms in total. The van der Waals surface area contributed by atoms with Crippen LogP contribution in [0, 0.1) is 0 Å². The van der Waals surface area contributed by atoms with Crippen molar-refractivity contribution in [2.45, 2.75) is 25.4 Å². The number of nitrogens with zero attached hydrogens (tertiary/aromatic N) is 1. The van der Waals surface area contributed by atoms with Gasteiger partial charge in [0.25, 0.3) is 5.56 Å². The van der Waals surface area contributed by atoms with Gasteiger partial charge in [0.1, 0.15) is 12.6 Å². The van der Waals surface area contributed by atoms with Crippen LogP contribution < -0.4 is 21.9 Å². The predicted molar refractivity (Wildman–Crippen MR) is 69.3 cm³/mol. The van der Waals surface area contributed by atoms with E-state index in [1.54, 1.807) is 0 Å². The smallest absolute Gasteiger partial charge is 0.251 e. The summed E-state index contributed by atoms with van der Waals surface area (Å²) in [6.07, 6.45) is 2.85. The zero-order valence-corrected chi connectivity index (χ0v) is 10.4. The quantitative estimate of drug-likeness (QED) is 0.639. The number of aromatic nitrogens is 1. The Kier molecular flexibility index (Phi) is 3.84. The first-order valence-electron chi connectivity index (χ1n) is 6.09. The van der Waals surface area contributed by atoms with Crippen molar-refractivity contribution in [1.29, 1.82) is 0 Å². The van der Waals surface area contributed by atoms with E-state index in [4.69, 9.17) is 5.73 Å². The SMILES string of the molecule is Nc1ccc(=O)n(CC(=O)NC2CCCNC2=O)c1. The Labute approximate surface area is 109 Å². The molecule has 0 spiro atoms. The predicted octanol–water partition coefficient (Wildman–Crippen LogP) is -1.17. The lowest BCUT2D eigenvalue weighted by molar-refractivity contribution is -0.130. The maximum atomic E-state index is 11.8. The Balaban J connectivity index is 1.99. The number of pyridine rings is 1. The molecule has 0 radical (unpaired) electrons. The Bertz CT molecular complexity index is 552. The van der Waals surface area contributed by atoms with Crippen LogP contribution in [0.2, 0.25) is 0 Å². The fourth-order valence-corrected chi connectivity index (χ4v) is 1.98. The van der Waals surface area contributed by atoms with Gasteiger partial charge >= 0.3 is 0 Å². The summed E-state index contributed by atoms with van der Waals surface area (Å²) in [7, 11) is 0. The molecule has 1 aromatic heterocycles. The van der Waals surface area contributed by atoms with E-state index in [-0.39, 0.29) is 23.9 Å². The molecule has 2 amide bonds. The van der Waals surface area contributed by atoms with Crippen LogP contribution in [0.1, 0.15) is 12.8 Å². The molecule has 0 bridgehead atoms. The third-order valence-corrected chi connectivity index (χ3v) is 2.94. The second-order valence-corrected chi connectivity index (χ2v) is 4.48. The average molecular weight is 264 g/mol. The molecular formula is C12H16N4O3. The molecule has 1 aliphatic heterocycles. The molecule has 2 heterocycles. The molecule has 1 saturated heterocycles. The van der Waals surface area contributed by atoms with Gasteiger partial charge in [-0.2, -0.15) is 0 Å². The molecule has 19 heavy (non-hydrogen) atoms. The van der Waals surface area contributed by atoms with Crippen LogP contribution in [-0.2, 0) is 16.1 Å². The van der Waals surface area contributed by atoms with E-state index in [0.717, 1.165) is 6.42 Å². The van der Waals surface area contributed by atoms with Crippen molar-refractivity contribution in [3.05, 3.63) is 28.7 Å². The second-order valence-electron chi connectivity index (χ2n) is 4.48. The third kappa shape index (κ3) is 3.34. The highest BCUT2D eigenvalue weighted by molar-refractivity contribution is 5.87. The van der Waals surface area contributed by atoms with E-state index in [1.165, 1.54) is 22.9 Å². The monoisotopic (exact) mass is 264 g/mol. The summed E-state index contributed by atoms with van der Waals surface area (Å²) >= 11 is 0. The minimum absolute atomic E-state index is 0.145. The van der Waals surface area contributed by atoms with Crippen molar-refractivity contribution >= 4 is 17.5 Å². The van der Waals surface area contributed by atoms with Crippen molar-refractivity contribution in [2.24, 2.45) is 0 Å². The standard InChI is InChI=1S/C12H16N4O3/c13-8-3-4-11(18)16(6-8)7-10(17)15-9-2-1-5-14-12(9)19/h3-4,6,9H,1-2,5,7,13H2,(H,14,19)(H,15,17). The fourth-order valence-electron chi connectivity index (χ4n) is 1.98. The normalized spacial score (nSPS) is 18.7. The van der Waals surface area contributed by atoms with Crippen LogP contribution in [-0.4, -0.2) is 29.0 Å². The van der Waals surface area contributed by atoms with Gasteiger partial charge in [0.2, 0.25) is 11.8 Å². The minimum atomic E-state index is -0.516. The van der Waals surface area contributed by atoms with Crippen molar-refractivity contribution in [3.63, 3.8) is 0 Å². The Morgan fingerprint density at radius 2 is 2.26 bits per heavy atom. The molecule has 2 rings (SSSR count). The summed E-state index contributed by atoms with van der Waals surface area (Å²) in [5.41, 5.74) is 5.65. The minimum Gasteiger partial charge on any atom is -0.398 e. The number of nitrogens with two attached hydrogens (primary N) is 1. The first kappa shape index (κ1) is 13.1. The molecule has 1 aliphatic rings. The summed E-state index contributed by atoms with van der Waals surface area (Å²) in [5, 5.41) is 5.29. The van der Waals surface area contributed by atoms with E-state index in [2.05, 4.69) is 10.6 Å². The van der Waals surface area contributed by atoms with Crippen molar-refractivity contribution in [1.82, 2.24) is 15.2 Å². The lowest BCUT2D eigenvalue weighted by atomic mass is 10.1. The third-order valence-electron chi connectivity index (χ3n) is 2.94. The Morgan fingerprint density at radius 3 is 3.00 bits per heavy atom. The lowest BCUT2D eigenvalue weighted by Crippen LogP contribution is -2.51. The molecule has 1 unspecified atom stereocenters. The van der Waals surface area contributed by atoms with E-state index in [0.29, 0.717) is 18.7 Å². The molecule has 0 aliphatic carbocycles. The van der Waals surface area contributed by atoms with Crippen molar-refractivity contribution in [3.8, 4) is 0 Å². The number of amides is 2. The van der Waals surface area contributed by atoms with Gasteiger partial charge in [-0.1, -0.05) is 0 Å². The zero-order valence-electron chi connectivity index (χ0n) is 10.4. The van der Waals surface area contributed by atoms with E-state index >= 15 is 0 Å². The van der Waals surface area contributed by atoms with E-state index in [9.17, 15) is 14.4 Å². The van der Waals surface area contributed by atoms with E-state index < -0.39 is 6.04 Å². The molecule has 102 valence electrons. The highest BCUT2D eigenvalue weighted by Gasteiger charge is 2.23. The molecular weight excluding hydrogens is 248 g/mol. The van der Waals surface area contributed by atoms with Gasteiger partial charge in [-0.05, 0) is 18.9 Å². The van der Waals surface area contributed by atoms with Crippen LogP contribution in [0.15, 0.2) is 23.1 Å². The number of nitrogen functional groups attached to an aromatic ring is 1. The maximum Gasteiger partial charge on any atom is 0.251 e. The van der Waals surface area contributed by atoms with Crippen LogP contribution in [0.3, 0.4) is 0 Å². The summed E-state index contributed by atoms with van der Waals surface area (Å²) < 4.78 is 1.21. The molecule has 0 aromatic carbocycles. The highest BCUT2D eigenvalue weighted by Crippen LogP contribution is 2.03. The summed E-state index contributed by atoms with van der Waals surface area (Å²) in [6.45, 7) is 0.494. The van der Waals surface area contributed by atoms with Gasteiger partial charge in [0, 0.05) is 24.5 Å². The van der Waals surface area contributed by atoms with Gasteiger partial charge < -0.3 is 20.9 Å². The van der Waals surface area contributed by atoms with Crippen LogP contribution in [0.4, 0.5) is 5.69 Å². The number of hydrogen-bond donors (Lipinski definition) is 3. The summed E-state index contributed by atoms with van der Waals surface area (Å²) in [6, 6.07) is 2.26. The molecule has 1 fully saturated rings. The second kappa shape index (κ2) is 5.55. The molecule has 1 atom stereocenters. The number of piperidine rings is 1. The van der Waals surface area contributed by atoms with Gasteiger partial charge in [-0.3, -0.25) is 14.4 Å². The first-order chi connectivity index (χ1) is 9.06. The average Bonchev–Trinajstić information content (AvgIpc) is 2.37. The summed E-state index contributed by atoms with van der Waals surface area (Å²) in [5.74, 6) is -0.561. The van der Waals surface area contributed by atoms with Gasteiger partial charge in [-0.15, -0.1) is 0 Å². The number of anilines is 1. The molecule has 1 aromatic rings. The number of rotatable bonds is 3. The van der Waals surface area contributed by atoms with Crippen LogP contribution >= 0.6 is 0 Å². The molecule has 0 saturated carbocycles. The van der Waals surface area contributed by atoms with Crippen LogP contribution in [0.5, 0.6) is 0 Å². The van der Waals surface area contributed by atoms with Gasteiger partial charge in [-0.25, -0.2) is 0 Å². The van der Waals surface area contributed by atoms with Gasteiger partial charge in [0.05, 0.1) is 0 Å². The number of nitrogens with one attached hydrogen (secondary N) is 2. The fraction of sp³-hybridized carbons (Fsp3) is 0.417. The lowest BCUT2D eigenvalue weighted by Gasteiger charge is -2.22. The van der Waals surface area contributed by atoms with Gasteiger partial charge in [0.15, 0.2) is 0 Å². The number of hydrogen-bond acceptors (Lipinski definition) is 4. The Hall–Kier alpha value is -2.31. The highest BCUT2D eigenvalue weighted by atomic mass is 16.2. The number of carbonyl (C=O) groups is 2. The van der Waals surface area contributed by atoms with Crippen molar-refractivity contribution < 1.29 is 9.59 Å². The Morgan fingerprint density at radius 1 is 1.47 bits per heavy atom. The zero-order chi connectivity index (χ0) is 13.8. The van der Waals surface area contributed by atoms with Crippen LogP contribution in [0.25, 0.3) is 0 Å². The first-order valence-corrected chi connectivity index (χ1v) is 6.09. The summed E-state index contributed by atoms with van der Waals surface area (Å²) in [4.78, 5) is 34.8.